The summed E-state index contributed by atoms with van der Waals surface area (Å²) in [7, 11) is 1.75. The van der Waals surface area contributed by atoms with Gasteiger partial charge in [-0.2, -0.15) is 5.26 Å². The second kappa shape index (κ2) is 10.4. The van der Waals surface area contributed by atoms with E-state index in [1.807, 2.05) is 54.6 Å². The number of hydrogen-bond donors (Lipinski definition) is 2. The van der Waals surface area contributed by atoms with Crippen molar-refractivity contribution in [2.75, 3.05) is 7.05 Å². The molecule has 6 nitrogen and oxygen atoms in total. The Morgan fingerprint density at radius 2 is 1.91 bits per heavy atom. The monoisotopic (exact) mass is 440 g/mol. The maximum absolute atomic E-state index is 12.8. The highest BCUT2D eigenvalue weighted by molar-refractivity contribution is 5.94. The van der Waals surface area contributed by atoms with Crippen LogP contribution in [0.25, 0.3) is 0 Å². The van der Waals surface area contributed by atoms with Crippen LogP contribution in [0.5, 0.6) is 0 Å². The van der Waals surface area contributed by atoms with Crippen molar-refractivity contribution >= 4 is 5.91 Å². The Morgan fingerprint density at radius 3 is 2.64 bits per heavy atom. The zero-order chi connectivity index (χ0) is 23.2. The molecule has 0 bridgehead atoms. The van der Waals surface area contributed by atoms with Gasteiger partial charge in [-0.1, -0.05) is 42.5 Å². The molecule has 4 rings (SSSR count). The lowest BCUT2D eigenvalue weighted by atomic mass is 10.0. The van der Waals surface area contributed by atoms with Gasteiger partial charge in [0, 0.05) is 43.6 Å². The third kappa shape index (κ3) is 5.64. The molecular weight excluding hydrogens is 412 g/mol. The van der Waals surface area contributed by atoms with E-state index in [0.717, 1.165) is 36.0 Å². The first kappa shape index (κ1) is 22.7. The molecule has 2 heterocycles. The van der Waals surface area contributed by atoms with Crippen LogP contribution in [0.15, 0.2) is 73.1 Å². The number of carbonyl (C=O) groups excluding carboxylic acids is 1. The first-order valence-electron chi connectivity index (χ1n) is 11.2. The van der Waals surface area contributed by atoms with Crippen LogP contribution in [0.4, 0.5) is 0 Å². The van der Waals surface area contributed by atoms with Crippen molar-refractivity contribution in [2.45, 2.75) is 44.0 Å². The Kier molecular flexibility index (Phi) is 7.13. The summed E-state index contributed by atoms with van der Waals surface area (Å²) < 4.78 is 0. The van der Waals surface area contributed by atoms with E-state index in [2.05, 4.69) is 16.4 Å². The van der Waals surface area contributed by atoms with Gasteiger partial charge >= 0.3 is 0 Å². The molecule has 0 spiro atoms. The van der Waals surface area contributed by atoms with Gasteiger partial charge in [0.2, 0.25) is 0 Å². The summed E-state index contributed by atoms with van der Waals surface area (Å²) in [6, 6.07) is 21.7. The van der Waals surface area contributed by atoms with Gasteiger partial charge in [0.15, 0.2) is 0 Å². The fraction of sp³-hybridized carbons (Fsp3) is 0.296. The highest BCUT2D eigenvalue weighted by Gasteiger charge is 2.29. The lowest BCUT2D eigenvalue weighted by Gasteiger charge is -2.20. The van der Waals surface area contributed by atoms with Crippen LogP contribution in [0.3, 0.4) is 0 Å². The van der Waals surface area contributed by atoms with E-state index >= 15 is 0 Å². The van der Waals surface area contributed by atoms with E-state index in [1.165, 1.54) is 6.20 Å². The molecule has 0 saturated carbocycles. The number of nitriles is 1. The molecule has 6 heteroatoms. The summed E-state index contributed by atoms with van der Waals surface area (Å²) in [5.74, 6) is -0.0750. The zero-order valence-corrected chi connectivity index (χ0v) is 18.7. The van der Waals surface area contributed by atoms with Gasteiger partial charge in [-0.05, 0) is 54.2 Å². The number of aromatic nitrogens is 1. The van der Waals surface area contributed by atoms with Gasteiger partial charge < -0.3 is 15.3 Å². The van der Waals surface area contributed by atoms with Gasteiger partial charge in [-0.25, -0.2) is 0 Å². The second-order valence-electron chi connectivity index (χ2n) is 8.66. The number of amides is 1. The van der Waals surface area contributed by atoms with Gasteiger partial charge in [0.25, 0.3) is 5.91 Å². The maximum atomic E-state index is 12.8. The molecule has 2 aromatic carbocycles. The van der Waals surface area contributed by atoms with Crippen LogP contribution < -0.4 is 5.32 Å². The predicted molar refractivity (Wildman–Crippen MR) is 126 cm³/mol. The maximum Gasteiger partial charge on any atom is 0.253 e. The molecule has 1 aliphatic rings. The minimum atomic E-state index is -0.504. The van der Waals surface area contributed by atoms with E-state index in [-0.39, 0.29) is 11.9 Å². The van der Waals surface area contributed by atoms with E-state index in [0.29, 0.717) is 23.7 Å². The smallest absolute Gasteiger partial charge is 0.253 e. The molecule has 1 fully saturated rings. The Balaban J connectivity index is 1.32. The quantitative estimate of drug-likeness (QED) is 0.586. The van der Waals surface area contributed by atoms with E-state index in [1.54, 1.807) is 24.2 Å². The third-order valence-electron chi connectivity index (χ3n) is 6.17. The summed E-state index contributed by atoms with van der Waals surface area (Å²) in [4.78, 5) is 18.5. The van der Waals surface area contributed by atoms with E-state index < -0.39 is 6.10 Å². The molecule has 1 saturated heterocycles. The molecule has 0 aliphatic carbocycles. The van der Waals surface area contributed by atoms with Crippen molar-refractivity contribution in [2.24, 2.45) is 0 Å². The molecule has 1 amide bonds. The average molecular weight is 441 g/mol. The molecule has 2 N–H and O–H groups in total. The van der Waals surface area contributed by atoms with Crippen molar-refractivity contribution in [3.05, 3.63) is 101 Å². The van der Waals surface area contributed by atoms with Crippen molar-refractivity contribution in [3.8, 4) is 6.07 Å². The Morgan fingerprint density at radius 1 is 1.15 bits per heavy atom. The number of hydrogen-bond acceptors (Lipinski definition) is 5. The van der Waals surface area contributed by atoms with Crippen LogP contribution in [0, 0.1) is 11.3 Å². The molecule has 1 aromatic heterocycles. The molecule has 3 atom stereocenters. The minimum absolute atomic E-state index is 0.0564. The highest BCUT2D eigenvalue weighted by Crippen LogP contribution is 2.26. The lowest BCUT2D eigenvalue weighted by molar-refractivity contribution is 0.0785. The second-order valence-corrected chi connectivity index (χ2v) is 8.66. The molecule has 168 valence electrons. The summed E-state index contributed by atoms with van der Waals surface area (Å²) >= 11 is 0. The first-order chi connectivity index (χ1) is 16.0. The number of nitrogens with one attached hydrogen (secondary N) is 1. The van der Waals surface area contributed by atoms with Crippen molar-refractivity contribution in [1.29, 1.82) is 5.26 Å². The summed E-state index contributed by atoms with van der Waals surface area (Å²) in [5, 5.41) is 23.3. The number of rotatable bonds is 7. The normalized spacial score (nSPS) is 18.5. The molecule has 3 aromatic rings. The largest absolute Gasteiger partial charge is 0.387 e. The van der Waals surface area contributed by atoms with Crippen LogP contribution in [0.2, 0.25) is 0 Å². The zero-order valence-electron chi connectivity index (χ0n) is 18.7. The summed E-state index contributed by atoms with van der Waals surface area (Å²) in [6.07, 6.45) is 5.47. The summed E-state index contributed by atoms with van der Waals surface area (Å²) in [6.45, 7) is 0.389. The molecule has 0 radical (unpaired) electrons. The lowest BCUT2D eigenvalue weighted by Crippen LogP contribution is -2.35. The molecule has 0 unspecified atom stereocenters. The number of benzene rings is 2. The molecule has 33 heavy (non-hydrogen) atoms. The van der Waals surface area contributed by atoms with E-state index in [9.17, 15) is 9.90 Å². The van der Waals surface area contributed by atoms with Gasteiger partial charge in [-0.3, -0.25) is 9.78 Å². The number of pyridine rings is 1. The Labute approximate surface area is 194 Å². The SMILES string of the molecule is CN(Cc1cncc(C#N)c1)C(=O)c1ccc(C[C@@H]2CC[C@H]([C@H](O)c3ccccc3)N2)cc1. The Hall–Kier alpha value is -3.53. The Bertz CT molecular complexity index is 1120. The van der Waals surface area contributed by atoms with Gasteiger partial charge in [0.1, 0.15) is 6.07 Å². The first-order valence-corrected chi connectivity index (χ1v) is 11.2. The van der Waals surface area contributed by atoms with Crippen LogP contribution in [-0.2, 0) is 13.0 Å². The van der Waals surface area contributed by atoms with Crippen molar-refractivity contribution in [1.82, 2.24) is 15.2 Å². The molecular formula is C27H28N4O2. The highest BCUT2D eigenvalue weighted by atomic mass is 16.3. The van der Waals surface area contributed by atoms with Crippen molar-refractivity contribution < 1.29 is 9.90 Å². The number of aliphatic hydroxyl groups is 1. The number of carbonyl (C=O) groups is 1. The topological polar surface area (TPSA) is 89.2 Å². The van der Waals surface area contributed by atoms with Crippen LogP contribution >= 0.6 is 0 Å². The minimum Gasteiger partial charge on any atom is -0.387 e. The van der Waals surface area contributed by atoms with Gasteiger partial charge in [-0.15, -0.1) is 0 Å². The fourth-order valence-electron chi connectivity index (χ4n) is 4.41. The van der Waals surface area contributed by atoms with E-state index in [4.69, 9.17) is 5.26 Å². The summed E-state index contributed by atoms with van der Waals surface area (Å²) in [5.41, 5.74) is 4.03. The standard InChI is InChI=1S/C27H28N4O2/c1-31(18-21-13-20(15-28)16-29-17-21)27(33)23-9-7-19(8-10-23)14-24-11-12-25(30-24)26(32)22-5-3-2-4-6-22/h2-10,13,16-17,24-26,30,32H,11-12,14,18H2,1H3/t24-,25+,26+/m0/s1. The number of aliphatic hydroxyl groups excluding tert-OH is 1. The number of nitrogens with zero attached hydrogens (tertiary/aromatic N) is 3. The van der Waals surface area contributed by atoms with Crippen LogP contribution in [-0.4, -0.2) is 40.0 Å². The molecule has 1 aliphatic heterocycles. The van der Waals surface area contributed by atoms with Gasteiger partial charge in [0.05, 0.1) is 11.7 Å². The fourth-order valence-corrected chi connectivity index (χ4v) is 4.41. The van der Waals surface area contributed by atoms with Crippen LogP contribution in [0.1, 0.15) is 51.6 Å². The average Bonchev–Trinajstić information content (AvgIpc) is 3.32. The van der Waals surface area contributed by atoms with Crippen molar-refractivity contribution in [3.63, 3.8) is 0 Å². The predicted octanol–water partition coefficient (Wildman–Crippen LogP) is 3.62. The third-order valence-corrected chi connectivity index (χ3v) is 6.17.